The van der Waals surface area contributed by atoms with Gasteiger partial charge in [0.1, 0.15) is 5.60 Å². The Morgan fingerprint density at radius 1 is 1.29 bits per heavy atom. The average Bonchev–Trinajstić information content (AvgIpc) is 2.99. The SMILES string of the molecule is CCCNC(=O)OCC(=O)[C@@]1(O)[C@H](C)CC2C3CCC4=CC(=O)C=C[C@]4(C)[C@@]3(F)[C@@H](O)C[C@@]21C. The zero-order valence-electron chi connectivity index (χ0n) is 20.4. The number of alkyl halides is 1. The number of fused-ring (bicyclic) bond motifs is 5. The molecule has 4 aliphatic carbocycles. The topological polar surface area (TPSA) is 113 Å². The molecule has 0 heterocycles. The van der Waals surface area contributed by atoms with Crippen LogP contribution in [0.4, 0.5) is 9.18 Å². The second kappa shape index (κ2) is 8.26. The Morgan fingerprint density at radius 2 is 2.00 bits per heavy atom. The van der Waals surface area contributed by atoms with Crippen LogP contribution in [0.25, 0.3) is 0 Å². The first-order valence-corrected chi connectivity index (χ1v) is 12.3. The Labute approximate surface area is 199 Å². The van der Waals surface area contributed by atoms with Gasteiger partial charge in [0.05, 0.1) is 6.10 Å². The zero-order valence-corrected chi connectivity index (χ0v) is 20.4. The number of carbonyl (C=O) groups excluding carboxylic acids is 3. The molecule has 34 heavy (non-hydrogen) atoms. The fourth-order valence-electron chi connectivity index (χ4n) is 7.66. The van der Waals surface area contributed by atoms with E-state index >= 15 is 4.39 Å². The maximum Gasteiger partial charge on any atom is 0.407 e. The standard InChI is InChI=1S/C26H36FNO6/c1-5-10-28-22(32)34-14-21(31)26(33)15(2)11-19-18-7-6-16-12-17(29)8-9-23(16,3)25(18,27)20(30)13-24(19,26)4/h8-9,12,15,18-20,30,33H,5-7,10-11,13-14H2,1-4H3,(H,28,32)/t15-,18?,19?,20+,23+,24+,25+,26+/m1/s1. The fraction of sp³-hybridized carbons (Fsp3) is 0.731. The summed E-state index contributed by atoms with van der Waals surface area (Å²) >= 11 is 0. The van der Waals surface area contributed by atoms with Crippen LogP contribution in [0.15, 0.2) is 23.8 Å². The molecule has 4 aliphatic rings. The Balaban J connectivity index is 1.65. The summed E-state index contributed by atoms with van der Waals surface area (Å²) in [5.74, 6) is -2.26. The van der Waals surface area contributed by atoms with Crippen LogP contribution >= 0.6 is 0 Å². The molecular weight excluding hydrogens is 441 g/mol. The van der Waals surface area contributed by atoms with Crippen LogP contribution in [0.1, 0.15) is 59.8 Å². The number of rotatable bonds is 5. The number of hydrogen-bond donors (Lipinski definition) is 3. The minimum atomic E-state index is -2.02. The van der Waals surface area contributed by atoms with Gasteiger partial charge in [-0.15, -0.1) is 0 Å². The van der Waals surface area contributed by atoms with Crippen molar-refractivity contribution in [2.45, 2.75) is 77.2 Å². The Morgan fingerprint density at radius 3 is 2.68 bits per heavy atom. The van der Waals surface area contributed by atoms with Gasteiger partial charge in [-0.2, -0.15) is 0 Å². The summed E-state index contributed by atoms with van der Waals surface area (Å²) in [5.41, 5.74) is -5.41. The molecule has 0 aromatic heterocycles. The summed E-state index contributed by atoms with van der Waals surface area (Å²) in [7, 11) is 0. The second-order valence-electron chi connectivity index (χ2n) is 11.1. The molecule has 0 spiro atoms. The van der Waals surface area contributed by atoms with Crippen LogP contribution in [-0.2, 0) is 14.3 Å². The van der Waals surface area contributed by atoms with Crippen molar-refractivity contribution >= 4 is 17.7 Å². The lowest BCUT2D eigenvalue weighted by Crippen LogP contribution is -2.69. The van der Waals surface area contributed by atoms with E-state index in [0.717, 1.165) is 0 Å². The lowest BCUT2D eigenvalue weighted by atomic mass is 9.44. The summed E-state index contributed by atoms with van der Waals surface area (Å²) in [6.07, 6.45) is 4.23. The highest BCUT2D eigenvalue weighted by Crippen LogP contribution is 2.70. The molecule has 4 rings (SSSR count). The first-order chi connectivity index (χ1) is 15.9. The van der Waals surface area contributed by atoms with Crippen molar-refractivity contribution in [1.29, 1.82) is 0 Å². The van der Waals surface area contributed by atoms with E-state index in [2.05, 4.69) is 5.32 Å². The van der Waals surface area contributed by atoms with E-state index in [1.54, 1.807) is 26.8 Å². The van der Waals surface area contributed by atoms with Crippen LogP contribution in [0, 0.1) is 28.6 Å². The van der Waals surface area contributed by atoms with Crippen LogP contribution in [-0.4, -0.2) is 58.4 Å². The molecule has 0 aromatic carbocycles. The summed E-state index contributed by atoms with van der Waals surface area (Å²) in [6.45, 7) is 6.97. The van der Waals surface area contributed by atoms with Gasteiger partial charge >= 0.3 is 6.09 Å². The van der Waals surface area contributed by atoms with Crippen molar-refractivity contribution in [3.05, 3.63) is 23.8 Å². The lowest BCUT2D eigenvalue weighted by Gasteiger charge is -2.62. The number of allylic oxidation sites excluding steroid dienone is 4. The minimum Gasteiger partial charge on any atom is -0.441 e. The summed E-state index contributed by atoms with van der Waals surface area (Å²) < 4.78 is 22.2. The number of aliphatic hydroxyl groups is 2. The first-order valence-electron chi connectivity index (χ1n) is 12.3. The van der Waals surface area contributed by atoms with Gasteiger partial charge in [-0.3, -0.25) is 9.59 Å². The number of carbonyl (C=O) groups is 3. The normalized spacial score (nSPS) is 45.0. The third-order valence-electron chi connectivity index (χ3n) is 9.50. The maximum atomic E-state index is 17.1. The molecule has 2 unspecified atom stereocenters. The molecule has 8 heteroatoms. The van der Waals surface area contributed by atoms with Gasteiger partial charge in [-0.05, 0) is 63.0 Å². The summed E-state index contributed by atoms with van der Waals surface area (Å²) in [5, 5.41) is 25.7. The molecule has 0 aromatic rings. The predicted octanol–water partition coefficient (Wildman–Crippen LogP) is 3.04. The number of halogens is 1. The van der Waals surface area contributed by atoms with Crippen LogP contribution < -0.4 is 5.32 Å². The van der Waals surface area contributed by atoms with E-state index < -0.39 is 58.5 Å². The highest BCUT2D eigenvalue weighted by molar-refractivity contribution is 6.01. The van der Waals surface area contributed by atoms with Crippen molar-refractivity contribution < 1.29 is 33.7 Å². The monoisotopic (exact) mass is 477 g/mol. The third-order valence-corrected chi connectivity index (χ3v) is 9.50. The third kappa shape index (κ3) is 3.17. The van der Waals surface area contributed by atoms with Crippen molar-refractivity contribution in [3.8, 4) is 0 Å². The van der Waals surface area contributed by atoms with E-state index in [-0.39, 0.29) is 18.1 Å². The molecule has 0 aliphatic heterocycles. The van der Waals surface area contributed by atoms with E-state index in [1.165, 1.54) is 12.2 Å². The van der Waals surface area contributed by atoms with E-state index in [1.807, 2.05) is 6.92 Å². The second-order valence-corrected chi connectivity index (χ2v) is 11.1. The minimum absolute atomic E-state index is 0.107. The molecule has 3 saturated carbocycles. The fourth-order valence-corrected chi connectivity index (χ4v) is 7.66. The summed E-state index contributed by atoms with van der Waals surface area (Å²) in [4.78, 5) is 37.1. The lowest BCUT2D eigenvalue weighted by molar-refractivity contribution is -0.219. The Bertz CT molecular complexity index is 963. The number of alkyl carbamates (subject to hydrolysis) is 1. The van der Waals surface area contributed by atoms with Crippen molar-refractivity contribution in [1.82, 2.24) is 5.32 Å². The number of hydrogen-bond acceptors (Lipinski definition) is 6. The molecule has 0 radical (unpaired) electrons. The Hall–Kier alpha value is -2.06. The molecule has 8 atom stereocenters. The van der Waals surface area contributed by atoms with E-state index in [4.69, 9.17) is 4.74 Å². The number of amides is 1. The van der Waals surface area contributed by atoms with Crippen molar-refractivity contribution in [3.63, 3.8) is 0 Å². The van der Waals surface area contributed by atoms with Gasteiger partial charge in [-0.1, -0.05) is 32.4 Å². The van der Waals surface area contributed by atoms with Crippen molar-refractivity contribution in [2.75, 3.05) is 13.2 Å². The summed E-state index contributed by atoms with van der Waals surface area (Å²) in [6, 6.07) is 0. The van der Waals surface area contributed by atoms with Gasteiger partial charge in [0.15, 0.2) is 18.1 Å². The zero-order chi connectivity index (χ0) is 25.1. The smallest absolute Gasteiger partial charge is 0.407 e. The van der Waals surface area contributed by atoms with Gasteiger partial charge < -0.3 is 20.3 Å². The quantitative estimate of drug-likeness (QED) is 0.561. The number of aliphatic hydroxyl groups excluding tert-OH is 1. The molecule has 188 valence electrons. The van der Waals surface area contributed by atoms with Crippen LogP contribution in [0.5, 0.6) is 0 Å². The highest BCUT2D eigenvalue weighted by Gasteiger charge is 2.75. The van der Waals surface area contributed by atoms with E-state index in [0.29, 0.717) is 37.8 Å². The number of ether oxygens (including phenoxy) is 1. The molecule has 3 N–H and O–H groups in total. The average molecular weight is 478 g/mol. The first kappa shape index (κ1) is 25.0. The largest absolute Gasteiger partial charge is 0.441 e. The van der Waals surface area contributed by atoms with E-state index in [9.17, 15) is 24.6 Å². The molecular formula is C26H36FNO6. The van der Waals surface area contributed by atoms with Gasteiger partial charge in [0, 0.05) is 23.3 Å². The van der Waals surface area contributed by atoms with Crippen molar-refractivity contribution in [2.24, 2.45) is 28.6 Å². The predicted molar refractivity (Wildman–Crippen MR) is 123 cm³/mol. The highest BCUT2D eigenvalue weighted by atomic mass is 19.1. The van der Waals surface area contributed by atoms with Gasteiger partial charge in [0.25, 0.3) is 0 Å². The number of ketones is 2. The molecule has 7 nitrogen and oxygen atoms in total. The molecule has 3 fully saturated rings. The van der Waals surface area contributed by atoms with Crippen LogP contribution in [0.2, 0.25) is 0 Å². The maximum absolute atomic E-state index is 17.1. The molecule has 1 amide bonds. The van der Waals surface area contributed by atoms with Gasteiger partial charge in [0.2, 0.25) is 5.78 Å². The number of Topliss-reactive ketones (excluding diaryl/α,β-unsaturated/α-hetero) is 1. The number of nitrogens with one attached hydrogen (secondary N) is 1. The molecule has 0 saturated heterocycles. The molecule has 0 bridgehead atoms. The van der Waals surface area contributed by atoms with Gasteiger partial charge in [-0.25, -0.2) is 9.18 Å². The van der Waals surface area contributed by atoms with Crippen LogP contribution in [0.3, 0.4) is 0 Å². The Kier molecular flexibility index (Phi) is 6.09.